The maximum absolute atomic E-state index is 13.5. The molecule has 1 spiro atoms. The first-order valence-electron chi connectivity index (χ1n) is 11.2. The Labute approximate surface area is 189 Å². The molecule has 1 aromatic carbocycles. The van der Waals surface area contributed by atoms with Crippen molar-refractivity contribution in [1.82, 2.24) is 5.32 Å². The zero-order valence-corrected chi connectivity index (χ0v) is 19.6. The molecule has 7 nitrogen and oxygen atoms in total. The van der Waals surface area contributed by atoms with Crippen molar-refractivity contribution < 1.29 is 23.9 Å². The predicted molar refractivity (Wildman–Crippen MR) is 120 cm³/mol. The molecule has 0 aromatic heterocycles. The van der Waals surface area contributed by atoms with Crippen LogP contribution in [0.3, 0.4) is 0 Å². The van der Waals surface area contributed by atoms with Gasteiger partial charge in [0.15, 0.2) is 6.10 Å². The third-order valence-electron chi connectivity index (χ3n) is 6.44. The van der Waals surface area contributed by atoms with E-state index in [2.05, 4.69) is 5.32 Å². The van der Waals surface area contributed by atoms with Crippen molar-refractivity contribution in [2.45, 2.75) is 71.3 Å². The van der Waals surface area contributed by atoms with E-state index in [9.17, 15) is 14.4 Å². The first-order valence-corrected chi connectivity index (χ1v) is 11.2. The van der Waals surface area contributed by atoms with Crippen LogP contribution in [0.4, 0.5) is 5.69 Å². The van der Waals surface area contributed by atoms with Gasteiger partial charge in [0.25, 0.3) is 5.91 Å². The van der Waals surface area contributed by atoms with E-state index in [1.807, 2.05) is 65.0 Å². The van der Waals surface area contributed by atoms with Crippen molar-refractivity contribution in [3.05, 3.63) is 41.5 Å². The van der Waals surface area contributed by atoms with Gasteiger partial charge in [-0.1, -0.05) is 36.8 Å². The van der Waals surface area contributed by atoms with Crippen LogP contribution in [0.25, 0.3) is 0 Å². The Balaban J connectivity index is 1.56. The highest BCUT2D eigenvalue weighted by molar-refractivity contribution is 6.03. The Bertz CT molecular complexity index is 995. The minimum absolute atomic E-state index is 0.141. The highest BCUT2D eigenvalue weighted by Crippen LogP contribution is 2.53. The lowest BCUT2D eigenvalue weighted by Crippen LogP contribution is -2.48. The number of esters is 1. The lowest BCUT2D eigenvalue weighted by atomic mass is 9.77. The van der Waals surface area contributed by atoms with Gasteiger partial charge in [-0.05, 0) is 52.7 Å². The number of carbonyl (C=O) groups is 3. The summed E-state index contributed by atoms with van der Waals surface area (Å²) in [6, 6.07) is 5.95. The summed E-state index contributed by atoms with van der Waals surface area (Å²) in [5, 5.41) is 2.86. The van der Waals surface area contributed by atoms with E-state index in [1.54, 1.807) is 11.8 Å². The van der Waals surface area contributed by atoms with Crippen LogP contribution in [-0.2, 0) is 23.9 Å². The maximum atomic E-state index is 13.5. The summed E-state index contributed by atoms with van der Waals surface area (Å²) in [5.74, 6) is -2.46. The summed E-state index contributed by atoms with van der Waals surface area (Å²) in [5.41, 5.74) is 1.67. The molecule has 2 fully saturated rings. The Morgan fingerprint density at radius 2 is 2.03 bits per heavy atom. The van der Waals surface area contributed by atoms with Gasteiger partial charge in [-0.15, -0.1) is 0 Å². The van der Waals surface area contributed by atoms with E-state index in [0.717, 1.165) is 16.8 Å². The first-order chi connectivity index (χ1) is 15.0. The molecule has 4 rings (SSSR count). The van der Waals surface area contributed by atoms with Crippen molar-refractivity contribution in [2.75, 3.05) is 11.4 Å². The zero-order chi connectivity index (χ0) is 23.4. The van der Waals surface area contributed by atoms with Gasteiger partial charge >= 0.3 is 5.97 Å². The van der Waals surface area contributed by atoms with Gasteiger partial charge < -0.3 is 19.7 Å². The van der Waals surface area contributed by atoms with Crippen LogP contribution in [0.15, 0.2) is 30.4 Å². The number of nitrogens with zero attached hydrogens (tertiary/aromatic N) is 1. The number of fused-ring (bicyclic) bond motifs is 1. The summed E-state index contributed by atoms with van der Waals surface area (Å²) in [6.45, 7) is 11.8. The van der Waals surface area contributed by atoms with Crippen molar-refractivity contribution in [2.24, 2.45) is 11.8 Å². The molecule has 172 valence electrons. The van der Waals surface area contributed by atoms with Gasteiger partial charge in [-0.2, -0.15) is 0 Å². The Morgan fingerprint density at radius 1 is 1.31 bits per heavy atom. The van der Waals surface area contributed by atoms with Gasteiger partial charge in [-0.3, -0.25) is 14.4 Å². The number of benzene rings is 1. The van der Waals surface area contributed by atoms with E-state index in [4.69, 9.17) is 9.47 Å². The second kappa shape index (κ2) is 7.73. The second-order valence-electron chi connectivity index (χ2n) is 10.2. The molecule has 0 aliphatic carbocycles. The van der Waals surface area contributed by atoms with E-state index in [1.165, 1.54) is 0 Å². The Morgan fingerprint density at radius 3 is 2.66 bits per heavy atom. The fraction of sp³-hybridized carbons (Fsp3) is 0.560. The minimum Gasteiger partial charge on any atom is -0.452 e. The number of amides is 2. The summed E-state index contributed by atoms with van der Waals surface area (Å²) in [7, 11) is 0. The monoisotopic (exact) mass is 440 g/mol. The number of aryl methyl sites for hydroxylation is 2. The highest BCUT2D eigenvalue weighted by atomic mass is 16.6. The summed E-state index contributed by atoms with van der Waals surface area (Å²) in [6.07, 6.45) is 2.68. The average molecular weight is 441 g/mol. The van der Waals surface area contributed by atoms with Crippen LogP contribution in [-0.4, -0.2) is 47.7 Å². The molecule has 2 amide bonds. The molecule has 0 radical (unpaired) electrons. The normalized spacial score (nSPS) is 29.2. The number of nitrogens with one attached hydrogen (secondary N) is 1. The van der Waals surface area contributed by atoms with Gasteiger partial charge in [0.05, 0.1) is 18.6 Å². The predicted octanol–water partition coefficient (Wildman–Crippen LogP) is 2.83. The van der Waals surface area contributed by atoms with Crippen LogP contribution in [0.2, 0.25) is 0 Å². The van der Waals surface area contributed by atoms with E-state index >= 15 is 0 Å². The SMILES string of the molecule is CC[C@H](OC(=O)[C@H]1[C@@H]2C=C[C@]3(CN(c4ccc(C)cc4C)C(=O)[C@H]13)O2)C(=O)NC(C)(C)C. The van der Waals surface area contributed by atoms with Gasteiger partial charge in [0.1, 0.15) is 11.5 Å². The standard InChI is InChI=1S/C25H32N2O5/c1-7-17(21(28)26-24(4,5)6)31-23(30)19-18-10-11-25(32-18)13-27(22(29)20(19)25)16-9-8-14(2)12-15(16)3/h8-12,17-20H,7,13H2,1-6H3,(H,26,28)/t17-,18-,19-,20-,25+/m0/s1. The number of hydrogen-bond acceptors (Lipinski definition) is 5. The molecule has 3 aliphatic rings. The summed E-state index contributed by atoms with van der Waals surface area (Å²) < 4.78 is 11.8. The quantitative estimate of drug-likeness (QED) is 0.562. The molecule has 1 aromatic rings. The van der Waals surface area contributed by atoms with E-state index < -0.39 is 41.2 Å². The fourth-order valence-corrected chi connectivity index (χ4v) is 5.07. The number of anilines is 1. The molecule has 5 atom stereocenters. The fourth-order valence-electron chi connectivity index (χ4n) is 5.07. The zero-order valence-electron chi connectivity index (χ0n) is 19.6. The van der Waals surface area contributed by atoms with Crippen molar-refractivity contribution in [1.29, 1.82) is 0 Å². The Kier molecular flexibility index (Phi) is 5.44. The number of rotatable bonds is 5. The van der Waals surface area contributed by atoms with Gasteiger partial charge in [0, 0.05) is 11.2 Å². The van der Waals surface area contributed by atoms with Crippen LogP contribution < -0.4 is 10.2 Å². The molecule has 32 heavy (non-hydrogen) atoms. The summed E-state index contributed by atoms with van der Waals surface area (Å²) >= 11 is 0. The molecule has 1 N–H and O–H groups in total. The minimum atomic E-state index is -0.910. The van der Waals surface area contributed by atoms with Crippen LogP contribution in [0.5, 0.6) is 0 Å². The second-order valence-corrected chi connectivity index (χ2v) is 10.2. The first kappa shape index (κ1) is 22.5. The molecular formula is C25H32N2O5. The maximum Gasteiger partial charge on any atom is 0.313 e. The third-order valence-corrected chi connectivity index (χ3v) is 6.44. The lowest BCUT2D eigenvalue weighted by molar-refractivity contribution is -0.163. The molecule has 0 unspecified atom stereocenters. The van der Waals surface area contributed by atoms with Crippen molar-refractivity contribution >= 4 is 23.5 Å². The molecule has 2 bridgehead atoms. The van der Waals surface area contributed by atoms with E-state index in [-0.39, 0.29) is 11.8 Å². The van der Waals surface area contributed by atoms with Crippen LogP contribution in [0.1, 0.15) is 45.2 Å². The lowest BCUT2D eigenvalue weighted by Gasteiger charge is -2.27. The summed E-state index contributed by atoms with van der Waals surface area (Å²) in [4.78, 5) is 41.1. The number of carbonyl (C=O) groups excluding carboxylic acids is 3. The molecule has 0 saturated carbocycles. The van der Waals surface area contributed by atoms with Crippen LogP contribution in [0, 0.1) is 25.7 Å². The van der Waals surface area contributed by atoms with Crippen molar-refractivity contribution in [3.8, 4) is 0 Å². The molecular weight excluding hydrogens is 408 g/mol. The van der Waals surface area contributed by atoms with Crippen molar-refractivity contribution in [3.63, 3.8) is 0 Å². The van der Waals surface area contributed by atoms with Gasteiger partial charge in [-0.25, -0.2) is 0 Å². The average Bonchev–Trinajstić information content (AvgIpc) is 3.33. The molecule has 3 aliphatic heterocycles. The topological polar surface area (TPSA) is 84.9 Å². The smallest absolute Gasteiger partial charge is 0.313 e. The molecule has 3 heterocycles. The highest BCUT2D eigenvalue weighted by Gasteiger charge is 2.67. The number of ether oxygens (including phenoxy) is 2. The largest absolute Gasteiger partial charge is 0.452 e. The third kappa shape index (κ3) is 3.72. The molecule has 7 heteroatoms. The van der Waals surface area contributed by atoms with E-state index in [0.29, 0.717) is 13.0 Å². The Hall–Kier alpha value is -2.67. The van der Waals surface area contributed by atoms with Crippen LogP contribution >= 0.6 is 0 Å². The molecule has 2 saturated heterocycles. The number of hydrogen-bond donors (Lipinski definition) is 1. The van der Waals surface area contributed by atoms with Gasteiger partial charge in [0.2, 0.25) is 5.91 Å².